The van der Waals surface area contributed by atoms with Crippen molar-refractivity contribution in [2.45, 2.75) is 19.4 Å². The molecule has 1 aromatic rings. The Morgan fingerprint density at radius 3 is 2.39 bits per heavy atom. The van der Waals surface area contributed by atoms with Crippen molar-refractivity contribution in [1.82, 2.24) is 5.32 Å². The Kier molecular flexibility index (Phi) is 7.97. The first-order valence-electron chi connectivity index (χ1n) is 6.73. The zero-order valence-corrected chi connectivity index (χ0v) is 15.5. The van der Waals surface area contributed by atoms with E-state index < -0.39 is 23.8 Å². The molecular weight excluding hydrogens is 432 g/mol. The predicted octanol–water partition coefficient (Wildman–Crippen LogP) is 2.30. The van der Waals surface area contributed by atoms with Crippen molar-refractivity contribution in [1.29, 1.82) is 0 Å². The van der Waals surface area contributed by atoms with Gasteiger partial charge in [0.2, 0.25) is 5.91 Å². The summed E-state index contributed by atoms with van der Waals surface area (Å²) in [5.74, 6) is -1.65. The Hall–Kier alpha value is -1.67. The smallest absolute Gasteiger partial charge is 0.330 e. The van der Waals surface area contributed by atoms with Gasteiger partial charge in [-0.15, -0.1) is 0 Å². The lowest BCUT2D eigenvalue weighted by Gasteiger charge is -2.14. The third-order valence-electron chi connectivity index (χ3n) is 2.69. The fourth-order valence-corrected chi connectivity index (χ4v) is 2.96. The van der Waals surface area contributed by atoms with Crippen molar-refractivity contribution < 1.29 is 19.1 Å². The fourth-order valence-electron chi connectivity index (χ4n) is 1.66. The van der Waals surface area contributed by atoms with Gasteiger partial charge in [-0.05, 0) is 31.5 Å². The monoisotopic (exact) mass is 446 g/mol. The molecule has 2 amide bonds. The van der Waals surface area contributed by atoms with Gasteiger partial charge < -0.3 is 15.8 Å². The van der Waals surface area contributed by atoms with Crippen LogP contribution >= 0.6 is 31.9 Å². The van der Waals surface area contributed by atoms with Crippen LogP contribution in [0, 0.1) is 0 Å². The molecule has 1 rings (SSSR count). The van der Waals surface area contributed by atoms with Crippen LogP contribution in [0.15, 0.2) is 39.3 Å². The summed E-state index contributed by atoms with van der Waals surface area (Å²) in [5.41, 5.74) is 5.64. The van der Waals surface area contributed by atoms with Crippen molar-refractivity contribution >= 4 is 49.6 Å². The van der Waals surface area contributed by atoms with Crippen molar-refractivity contribution in [2.75, 3.05) is 6.61 Å². The van der Waals surface area contributed by atoms with Gasteiger partial charge in [-0.1, -0.05) is 37.9 Å². The molecule has 124 valence electrons. The molecule has 0 aliphatic rings. The van der Waals surface area contributed by atoms with E-state index in [-0.39, 0.29) is 13.0 Å². The van der Waals surface area contributed by atoms with Crippen LogP contribution in [0.25, 0.3) is 0 Å². The summed E-state index contributed by atoms with van der Waals surface area (Å²) in [5, 5.41) is 2.53. The number of carbonyl (C=O) groups excluding carboxylic acids is 3. The lowest BCUT2D eigenvalue weighted by atomic mass is 10.1. The molecule has 6 nitrogen and oxygen atoms in total. The number of hydrogen-bond donors (Lipinski definition) is 2. The van der Waals surface area contributed by atoms with Crippen LogP contribution in [-0.2, 0) is 14.3 Å². The zero-order chi connectivity index (χ0) is 17.4. The number of carbonyl (C=O) groups is 3. The molecule has 0 radical (unpaired) electrons. The van der Waals surface area contributed by atoms with Crippen LogP contribution in [0.2, 0.25) is 0 Å². The highest BCUT2D eigenvalue weighted by Gasteiger charge is 2.18. The first-order chi connectivity index (χ1) is 10.8. The molecule has 0 saturated carbocycles. The van der Waals surface area contributed by atoms with E-state index in [1.54, 1.807) is 25.1 Å². The average Bonchev–Trinajstić information content (AvgIpc) is 2.45. The number of nitrogens with one attached hydrogen (secondary N) is 1. The average molecular weight is 448 g/mol. The van der Waals surface area contributed by atoms with E-state index in [0.29, 0.717) is 5.56 Å². The van der Waals surface area contributed by atoms with Gasteiger partial charge in [0, 0.05) is 20.6 Å². The molecule has 0 fully saturated rings. The molecule has 8 heteroatoms. The molecule has 1 atom stereocenters. The summed E-state index contributed by atoms with van der Waals surface area (Å²) in [7, 11) is 0. The van der Waals surface area contributed by atoms with Crippen molar-refractivity contribution in [3.05, 3.63) is 44.9 Å². The van der Waals surface area contributed by atoms with Gasteiger partial charge in [-0.25, -0.2) is 4.79 Å². The number of rotatable bonds is 7. The number of nitrogens with two attached hydrogens (primary N) is 1. The second-order valence-electron chi connectivity index (χ2n) is 4.48. The number of primary amides is 1. The summed E-state index contributed by atoms with van der Waals surface area (Å²) in [6.07, 6.45) is 2.72. The molecule has 0 unspecified atom stereocenters. The molecule has 0 saturated heterocycles. The summed E-state index contributed by atoms with van der Waals surface area (Å²) in [6, 6.07) is 4.09. The first kappa shape index (κ1) is 19.4. The Labute approximate surface area is 150 Å². The maximum Gasteiger partial charge on any atom is 0.330 e. The van der Waals surface area contributed by atoms with E-state index >= 15 is 0 Å². The van der Waals surface area contributed by atoms with Crippen LogP contribution in [-0.4, -0.2) is 30.4 Å². The number of esters is 1. The minimum Gasteiger partial charge on any atom is -0.463 e. The van der Waals surface area contributed by atoms with E-state index in [0.717, 1.165) is 8.95 Å². The van der Waals surface area contributed by atoms with Crippen LogP contribution in [0.4, 0.5) is 0 Å². The Balaban J connectivity index is 2.73. The molecule has 0 aliphatic carbocycles. The Morgan fingerprint density at radius 1 is 1.26 bits per heavy atom. The van der Waals surface area contributed by atoms with Gasteiger partial charge in [-0.3, -0.25) is 9.59 Å². The molecule has 0 bridgehead atoms. The van der Waals surface area contributed by atoms with Gasteiger partial charge in [-0.2, -0.15) is 0 Å². The lowest BCUT2D eigenvalue weighted by Crippen LogP contribution is -2.44. The molecule has 0 spiro atoms. The van der Waals surface area contributed by atoms with Gasteiger partial charge in [0.1, 0.15) is 6.04 Å². The Bertz CT molecular complexity index is 612. The third-order valence-corrected chi connectivity index (χ3v) is 3.60. The molecule has 0 aliphatic heterocycles. The Morgan fingerprint density at radius 2 is 1.87 bits per heavy atom. The van der Waals surface area contributed by atoms with Crippen molar-refractivity contribution in [3.63, 3.8) is 0 Å². The SMILES string of the molecule is CCOC(=O)/C=C/C[C@@H](NC(=O)c1cc(Br)cc(Br)c1)C(N)=O. The highest BCUT2D eigenvalue weighted by atomic mass is 79.9. The molecule has 0 aromatic heterocycles. The highest BCUT2D eigenvalue weighted by molar-refractivity contribution is 9.11. The fraction of sp³-hybridized carbons (Fsp3) is 0.267. The highest BCUT2D eigenvalue weighted by Crippen LogP contribution is 2.20. The number of amides is 2. The lowest BCUT2D eigenvalue weighted by molar-refractivity contribution is -0.137. The molecule has 0 heterocycles. The second kappa shape index (κ2) is 9.46. The number of ether oxygens (including phenoxy) is 1. The topological polar surface area (TPSA) is 98.5 Å². The summed E-state index contributed by atoms with van der Waals surface area (Å²) in [4.78, 5) is 34.8. The van der Waals surface area contributed by atoms with Gasteiger partial charge >= 0.3 is 5.97 Å². The standard InChI is InChI=1S/C15H16Br2N2O4/c1-2-23-13(20)5-3-4-12(14(18)21)19-15(22)9-6-10(16)8-11(17)7-9/h3,5-8,12H,2,4H2,1H3,(H2,18,21)(H,19,22)/b5-3+/t12-/m1/s1. The summed E-state index contributed by atoms with van der Waals surface area (Å²) in [6.45, 7) is 1.95. The summed E-state index contributed by atoms with van der Waals surface area (Å²) < 4.78 is 6.16. The van der Waals surface area contributed by atoms with Gasteiger partial charge in [0.25, 0.3) is 5.91 Å². The number of hydrogen-bond acceptors (Lipinski definition) is 4. The maximum absolute atomic E-state index is 12.2. The zero-order valence-electron chi connectivity index (χ0n) is 12.3. The van der Waals surface area contributed by atoms with E-state index in [1.165, 1.54) is 12.2 Å². The maximum atomic E-state index is 12.2. The first-order valence-corrected chi connectivity index (χ1v) is 8.31. The second-order valence-corrected chi connectivity index (χ2v) is 6.31. The van der Waals surface area contributed by atoms with Crippen LogP contribution in [0.3, 0.4) is 0 Å². The number of benzene rings is 1. The van der Waals surface area contributed by atoms with Crippen LogP contribution in [0.1, 0.15) is 23.7 Å². The minimum absolute atomic E-state index is 0.0923. The van der Waals surface area contributed by atoms with E-state index in [1.807, 2.05) is 0 Å². The normalized spacial score (nSPS) is 12.0. The minimum atomic E-state index is -0.925. The van der Waals surface area contributed by atoms with Crippen LogP contribution < -0.4 is 11.1 Å². The van der Waals surface area contributed by atoms with Gasteiger partial charge in [0.15, 0.2) is 0 Å². The molecule has 23 heavy (non-hydrogen) atoms. The number of halogens is 2. The van der Waals surface area contributed by atoms with Crippen LogP contribution in [0.5, 0.6) is 0 Å². The van der Waals surface area contributed by atoms with Crippen molar-refractivity contribution in [2.24, 2.45) is 5.73 Å². The van der Waals surface area contributed by atoms with E-state index in [9.17, 15) is 14.4 Å². The molecule has 3 N–H and O–H groups in total. The van der Waals surface area contributed by atoms with Crippen molar-refractivity contribution in [3.8, 4) is 0 Å². The van der Waals surface area contributed by atoms with E-state index in [4.69, 9.17) is 10.5 Å². The van der Waals surface area contributed by atoms with Gasteiger partial charge in [0.05, 0.1) is 6.61 Å². The van der Waals surface area contributed by atoms with E-state index in [2.05, 4.69) is 37.2 Å². The summed E-state index contributed by atoms with van der Waals surface area (Å²) >= 11 is 6.57. The molecule has 1 aromatic carbocycles. The molecular formula is C15H16Br2N2O4. The predicted molar refractivity (Wildman–Crippen MR) is 92.7 cm³/mol. The third kappa shape index (κ3) is 6.96. The quantitative estimate of drug-likeness (QED) is 0.494. The largest absolute Gasteiger partial charge is 0.463 e.